The van der Waals surface area contributed by atoms with E-state index < -0.39 is 23.8 Å². The van der Waals surface area contributed by atoms with Gasteiger partial charge in [0.1, 0.15) is 11.4 Å². The van der Waals surface area contributed by atoms with Gasteiger partial charge >= 0.3 is 12.1 Å². The number of aliphatic carboxylic acids is 1. The summed E-state index contributed by atoms with van der Waals surface area (Å²) in [6.07, 6.45) is -2.56. The number of benzene rings is 2. The quantitative estimate of drug-likeness (QED) is 0.480. The molecule has 0 aliphatic carbocycles. The zero-order valence-corrected chi connectivity index (χ0v) is 19.7. The summed E-state index contributed by atoms with van der Waals surface area (Å²) in [5.41, 5.74) is 9.01. The maximum absolute atomic E-state index is 12.8. The number of rotatable bonds is 8. The SMILES string of the molecule is CCCCOC1(c2ccccc2C)CN(C(=O)C(N)Cc2ccc(O)cc2)C1.O=C(O)C(F)(F)F. The predicted octanol–water partition coefficient (Wildman–Crippen LogP) is 3.76. The third-order valence-corrected chi connectivity index (χ3v) is 5.67. The highest BCUT2D eigenvalue weighted by Crippen LogP contribution is 2.38. The maximum Gasteiger partial charge on any atom is 0.490 e. The molecule has 1 heterocycles. The van der Waals surface area contributed by atoms with Gasteiger partial charge in [-0.05, 0) is 48.6 Å². The molecule has 192 valence electrons. The molecule has 0 radical (unpaired) electrons. The number of unbranched alkanes of at least 4 members (excludes halogenated alkanes) is 1. The van der Waals surface area contributed by atoms with E-state index in [1.54, 1.807) is 29.2 Å². The number of hydrogen-bond acceptors (Lipinski definition) is 5. The Kier molecular flexibility index (Phi) is 9.67. The number of carbonyl (C=O) groups excluding carboxylic acids is 1. The fourth-order valence-corrected chi connectivity index (χ4v) is 3.77. The van der Waals surface area contributed by atoms with Crippen molar-refractivity contribution in [3.05, 3.63) is 65.2 Å². The first-order valence-corrected chi connectivity index (χ1v) is 11.2. The molecular weight excluding hydrogens is 465 g/mol. The van der Waals surface area contributed by atoms with Crippen LogP contribution in [0.2, 0.25) is 0 Å². The van der Waals surface area contributed by atoms with Crippen LogP contribution in [0.15, 0.2) is 48.5 Å². The number of phenolic OH excluding ortho intramolecular Hbond substituents is 1. The van der Waals surface area contributed by atoms with Crippen LogP contribution in [0, 0.1) is 6.92 Å². The van der Waals surface area contributed by atoms with E-state index in [1.807, 2.05) is 12.1 Å². The zero-order valence-electron chi connectivity index (χ0n) is 19.7. The van der Waals surface area contributed by atoms with E-state index in [4.69, 9.17) is 20.4 Å². The molecule has 10 heteroatoms. The van der Waals surface area contributed by atoms with Crippen LogP contribution in [0.3, 0.4) is 0 Å². The van der Waals surface area contributed by atoms with Gasteiger partial charge in [-0.2, -0.15) is 13.2 Å². The van der Waals surface area contributed by atoms with Crippen LogP contribution in [0.1, 0.15) is 36.5 Å². The largest absolute Gasteiger partial charge is 0.508 e. The monoisotopic (exact) mass is 496 g/mol. The van der Waals surface area contributed by atoms with Crippen molar-refractivity contribution in [2.75, 3.05) is 19.7 Å². The predicted molar refractivity (Wildman–Crippen MR) is 124 cm³/mol. The lowest BCUT2D eigenvalue weighted by molar-refractivity contribution is -0.192. The van der Waals surface area contributed by atoms with Crippen LogP contribution in [0.25, 0.3) is 0 Å². The smallest absolute Gasteiger partial charge is 0.490 e. The van der Waals surface area contributed by atoms with Crippen molar-refractivity contribution in [3.8, 4) is 5.75 Å². The molecule has 0 saturated carbocycles. The number of carbonyl (C=O) groups is 2. The van der Waals surface area contributed by atoms with E-state index in [0.29, 0.717) is 26.1 Å². The number of likely N-dealkylation sites (tertiary alicyclic amines) is 1. The van der Waals surface area contributed by atoms with E-state index in [1.165, 1.54) is 5.56 Å². The summed E-state index contributed by atoms with van der Waals surface area (Å²) in [4.78, 5) is 23.5. The number of aryl methyl sites for hydroxylation is 1. The second kappa shape index (κ2) is 12.0. The number of alkyl halides is 3. The molecule has 1 amide bonds. The van der Waals surface area contributed by atoms with Crippen LogP contribution in [0.5, 0.6) is 5.75 Å². The van der Waals surface area contributed by atoms with Gasteiger partial charge in [-0.1, -0.05) is 49.7 Å². The van der Waals surface area contributed by atoms with E-state index in [9.17, 15) is 23.1 Å². The van der Waals surface area contributed by atoms with Crippen molar-refractivity contribution in [2.45, 2.75) is 50.9 Å². The van der Waals surface area contributed by atoms with Crippen LogP contribution < -0.4 is 5.73 Å². The summed E-state index contributed by atoms with van der Waals surface area (Å²) in [5.74, 6) is -2.61. The lowest BCUT2D eigenvalue weighted by Gasteiger charge is -2.51. The third kappa shape index (κ3) is 7.69. The Balaban J connectivity index is 0.000000540. The lowest BCUT2D eigenvalue weighted by atomic mass is 9.82. The molecule has 0 bridgehead atoms. The number of halogens is 3. The van der Waals surface area contributed by atoms with Gasteiger partial charge in [-0.25, -0.2) is 4.79 Å². The van der Waals surface area contributed by atoms with Crippen LogP contribution in [-0.4, -0.2) is 58.9 Å². The van der Waals surface area contributed by atoms with Crippen molar-refractivity contribution in [3.63, 3.8) is 0 Å². The number of nitrogens with zero attached hydrogens (tertiary/aromatic N) is 1. The normalized spacial score (nSPS) is 15.4. The Bertz CT molecular complexity index is 989. The molecule has 0 spiro atoms. The van der Waals surface area contributed by atoms with Gasteiger partial charge in [-0.15, -0.1) is 0 Å². The molecule has 1 aliphatic rings. The van der Waals surface area contributed by atoms with Gasteiger partial charge in [-0.3, -0.25) is 4.79 Å². The first-order chi connectivity index (χ1) is 16.4. The van der Waals surface area contributed by atoms with Crippen molar-refractivity contribution in [2.24, 2.45) is 5.73 Å². The molecule has 4 N–H and O–H groups in total. The van der Waals surface area contributed by atoms with Crippen molar-refractivity contribution < 1.29 is 37.7 Å². The third-order valence-electron chi connectivity index (χ3n) is 5.67. The molecule has 1 saturated heterocycles. The Morgan fingerprint density at radius 3 is 2.23 bits per heavy atom. The van der Waals surface area contributed by atoms with Gasteiger partial charge in [0.05, 0.1) is 19.1 Å². The summed E-state index contributed by atoms with van der Waals surface area (Å²) in [5, 5.41) is 16.5. The molecule has 7 nitrogen and oxygen atoms in total. The Morgan fingerprint density at radius 2 is 1.71 bits per heavy atom. The number of phenols is 1. The van der Waals surface area contributed by atoms with Crippen molar-refractivity contribution in [1.29, 1.82) is 0 Å². The van der Waals surface area contributed by atoms with E-state index in [0.717, 1.165) is 24.0 Å². The van der Waals surface area contributed by atoms with Crippen LogP contribution in [0.4, 0.5) is 13.2 Å². The highest BCUT2D eigenvalue weighted by Gasteiger charge is 2.49. The van der Waals surface area contributed by atoms with Crippen molar-refractivity contribution in [1.82, 2.24) is 4.90 Å². The zero-order chi connectivity index (χ0) is 26.2. The molecule has 2 aromatic carbocycles. The minimum absolute atomic E-state index is 0.0589. The minimum atomic E-state index is -5.08. The standard InChI is InChI=1S/C23H30N2O3.C2HF3O2/c1-3-4-13-28-23(20-8-6-5-7-17(20)2)15-25(16-23)22(27)21(24)14-18-9-11-19(26)12-10-18;3-2(4,5)1(6)7/h5-12,21,26H,3-4,13-16,24H2,1-2H3;(H,6,7). The molecule has 0 aromatic heterocycles. The van der Waals surface area contributed by atoms with Crippen LogP contribution >= 0.6 is 0 Å². The van der Waals surface area contributed by atoms with Crippen LogP contribution in [-0.2, 0) is 26.3 Å². The summed E-state index contributed by atoms with van der Waals surface area (Å²) < 4.78 is 38.0. The summed E-state index contributed by atoms with van der Waals surface area (Å²) in [7, 11) is 0. The van der Waals surface area contributed by atoms with E-state index in [-0.39, 0.29) is 11.7 Å². The summed E-state index contributed by atoms with van der Waals surface area (Å²) in [6, 6.07) is 14.4. The summed E-state index contributed by atoms with van der Waals surface area (Å²) in [6.45, 7) is 5.98. The number of aromatic hydroxyl groups is 1. The van der Waals surface area contributed by atoms with E-state index in [2.05, 4.69) is 26.0 Å². The van der Waals surface area contributed by atoms with Crippen molar-refractivity contribution >= 4 is 11.9 Å². The van der Waals surface area contributed by atoms with Gasteiger partial charge < -0.3 is 25.6 Å². The molecule has 1 aliphatic heterocycles. The number of carboxylic acid groups (broad SMARTS) is 1. The molecule has 1 fully saturated rings. The number of ether oxygens (including phenoxy) is 1. The lowest BCUT2D eigenvalue weighted by Crippen LogP contribution is -2.65. The Hall–Kier alpha value is -3.11. The highest BCUT2D eigenvalue weighted by atomic mass is 19.4. The molecule has 2 aromatic rings. The maximum atomic E-state index is 12.8. The molecule has 1 unspecified atom stereocenters. The number of nitrogens with two attached hydrogens (primary N) is 1. The van der Waals surface area contributed by atoms with Gasteiger partial charge in [0.25, 0.3) is 0 Å². The van der Waals surface area contributed by atoms with Gasteiger partial charge in [0, 0.05) is 6.61 Å². The topological polar surface area (TPSA) is 113 Å². The van der Waals surface area contributed by atoms with Gasteiger partial charge in [0.15, 0.2) is 0 Å². The second-order valence-corrected chi connectivity index (χ2v) is 8.49. The average molecular weight is 497 g/mol. The first kappa shape index (κ1) is 28.1. The highest BCUT2D eigenvalue weighted by molar-refractivity contribution is 5.83. The Labute approximate surface area is 202 Å². The number of carboxylic acids is 1. The fourth-order valence-electron chi connectivity index (χ4n) is 3.77. The molecule has 3 rings (SSSR count). The summed E-state index contributed by atoms with van der Waals surface area (Å²) >= 11 is 0. The second-order valence-electron chi connectivity index (χ2n) is 8.49. The van der Waals surface area contributed by atoms with E-state index >= 15 is 0 Å². The first-order valence-electron chi connectivity index (χ1n) is 11.2. The van der Waals surface area contributed by atoms with Gasteiger partial charge in [0.2, 0.25) is 5.91 Å². The number of amides is 1. The molecular formula is C25H31F3N2O5. The minimum Gasteiger partial charge on any atom is -0.508 e. The number of hydrogen-bond donors (Lipinski definition) is 3. The molecule has 35 heavy (non-hydrogen) atoms. The fraction of sp³-hybridized carbons (Fsp3) is 0.440. The average Bonchev–Trinajstić information content (AvgIpc) is 2.77. The Morgan fingerprint density at radius 1 is 1.14 bits per heavy atom. The molecule has 1 atom stereocenters.